The van der Waals surface area contributed by atoms with Crippen molar-refractivity contribution >= 4 is 0 Å². The van der Waals surface area contributed by atoms with E-state index in [1.807, 2.05) is 0 Å². The number of rotatable bonds is 4. The van der Waals surface area contributed by atoms with Gasteiger partial charge in [0.15, 0.2) is 0 Å². The van der Waals surface area contributed by atoms with E-state index in [1.54, 1.807) is 0 Å². The molecular formula is C15H29NO. The van der Waals surface area contributed by atoms with Gasteiger partial charge in [-0.1, -0.05) is 26.7 Å². The summed E-state index contributed by atoms with van der Waals surface area (Å²) in [6.45, 7) is 6.02. The van der Waals surface area contributed by atoms with Crippen LogP contribution in [-0.2, 0) is 0 Å². The molecule has 2 saturated carbocycles. The lowest BCUT2D eigenvalue weighted by molar-refractivity contribution is 0.0559. The normalized spacial score (nSPS) is 35.6. The predicted molar refractivity (Wildman–Crippen MR) is 72.0 cm³/mol. The van der Waals surface area contributed by atoms with E-state index in [2.05, 4.69) is 18.7 Å². The minimum atomic E-state index is 0.329. The Morgan fingerprint density at radius 1 is 0.941 bits per heavy atom. The molecule has 0 heterocycles. The molecule has 0 radical (unpaired) electrons. The van der Waals surface area contributed by atoms with Crippen LogP contribution in [0, 0.1) is 11.8 Å². The summed E-state index contributed by atoms with van der Waals surface area (Å²) in [5.41, 5.74) is 0. The van der Waals surface area contributed by atoms with Gasteiger partial charge in [0.25, 0.3) is 0 Å². The summed E-state index contributed by atoms with van der Waals surface area (Å²) < 4.78 is 0. The third kappa shape index (κ3) is 3.45. The molecule has 0 spiro atoms. The highest BCUT2D eigenvalue weighted by Gasteiger charge is 2.32. The Bertz CT molecular complexity index is 215. The molecule has 2 heteroatoms. The van der Waals surface area contributed by atoms with Crippen molar-refractivity contribution < 1.29 is 5.11 Å². The SMILES string of the molecule is CC1CC(C)CC(N(CCO)C2CCCC2)C1. The highest BCUT2D eigenvalue weighted by atomic mass is 16.3. The van der Waals surface area contributed by atoms with E-state index in [0.29, 0.717) is 6.61 Å². The molecule has 0 aromatic rings. The van der Waals surface area contributed by atoms with E-state index < -0.39 is 0 Å². The molecule has 2 fully saturated rings. The third-order valence-corrected chi connectivity index (χ3v) is 4.77. The lowest BCUT2D eigenvalue weighted by atomic mass is 9.79. The summed E-state index contributed by atoms with van der Waals surface area (Å²) in [5, 5.41) is 9.32. The van der Waals surface area contributed by atoms with Crippen LogP contribution >= 0.6 is 0 Å². The molecule has 2 aliphatic rings. The number of nitrogens with zero attached hydrogens (tertiary/aromatic N) is 1. The number of hydrogen-bond donors (Lipinski definition) is 1. The quantitative estimate of drug-likeness (QED) is 0.815. The first-order valence-corrected chi connectivity index (χ1v) is 7.57. The van der Waals surface area contributed by atoms with Crippen molar-refractivity contribution in [2.75, 3.05) is 13.2 Å². The molecule has 2 unspecified atom stereocenters. The summed E-state index contributed by atoms with van der Waals surface area (Å²) in [6.07, 6.45) is 9.60. The lowest BCUT2D eigenvalue weighted by Crippen LogP contribution is -2.46. The number of aliphatic hydroxyl groups is 1. The van der Waals surface area contributed by atoms with Crippen LogP contribution in [0.2, 0.25) is 0 Å². The van der Waals surface area contributed by atoms with Crippen molar-refractivity contribution in [2.45, 2.75) is 70.9 Å². The highest BCUT2D eigenvalue weighted by molar-refractivity contribution is 4.87. The summed E-state index contributed by atoms with van der Waals surface area (Å²) in [4.78, 5) is 2.65. The first-order chi connectivity index (χ1) is 8.20. The van der Waals surface area contributed by atoms with Gasteiger partial charge < -0.3 is 5.11 Å². The average Bonchev–Trinajstić information content (AvgIpc) is 2.77. The molecule has 2 atom stereocenters. The van der Waals surface area contributed by atoms with E-state index in [4.69, 9.17) is 0 Å². The Morgan fingerprint density at radius 2 is 1.53 bits per heavy atom. The molecule has 0 aliphatic heterocycles. The zero-order valence-electron chi connectivity index (χ0n) is 11.6. The Balaban J connectivity index is 1.98. The standard InChI is InChI=1S/C15H29NO/c1-12-9-13(2)11-15(10-12)16(7-8-17)14-5-3-4-6-14/h12-15,17H,3-11H2,1-2H3. The fourth-order valence-electron chi connectivity index (χ4n) is 4.19. The minimum absolute atomic E-state index is 0.329. The molecule has 100 valence electrons. The van der Waals surface area contributed by atoms with Crippen molar-refractivity contribution in [3.8, 4) is 0 Å². The lowest BCUT2D eigenvalue weighted by Gasteiger charge is -2.42. The minimum Gasteiger partial charge on any atom is -0.395 e. The average molecular weight is 239 g/mol. The molecule has 2 nitrogen and oxygen atoms in total. The smallest absolute Gasteiger partial charge is 0.0558 e. The maximum Gasteiger partial charge on any atom is 0.0558 e. The molecule has 2 rings (SSSR count). The van der Waals surface area contributed by atoms with E-state index in [1.165, 1.54) is 44.9 Å². The number of aliphatic hydroxyl groups excluding tert-OH is 1. The Labute approximate surface area is 106 Å². The summed E-state index contributed by atoms with van der Waals surface area (Å²) in [7, 11) is 0. The Kier molecular flexibility index (Phi) is 4.87. The van der Waals surface area contributed by atoms with Crippen molar-refractivity contribution in [2.24, 2.45) is 11.8 Å². The zero-order chi connectivity index (χ0) is 12.3. The van der Waals surface area contributed by atoms with Gasteiger partial charge in [-0.3, -0.25) is 4.90 Å². The molecule has 17 heavy (non-hydrogen) atoms. The van der Waals surface area contributed by atoms with Crippen molar-refractivity contribution in [1.82, 2.24) is 4.90 Å². The predicted octanol–water partition coefficient (Wildman–Crippen LogP) is 3.05. The van der Waals surface area contributed by atoms with E-state index in [0.717, 1.165) is 30.5 Å². The maximum atomic E-state index is 9.32. The van der Waals surface area contributed by atoms with Crippen LogP contribution in [0.5, 0.6) is 0 Å². The van der Waals surface area contributed by atoms with Gasteiger partial charge >= 0.3 is 0 Å². The fraction of sp³-hybridized carbons (Fsp3) is 1.00. The first kappa shape index (κ1) is 13.4. The summed E-state index contributed by atoms with van der Waals surface area (Å²) in [6, 6.07) is 1.51. The van der Waals surface area contributed by atoms with Crippen LogP contribution in [0.1, 0.15) is 58.8 Å². The van der Waals surface area contributed by atoms with E-state index >= 15 is 0 Å². The summed E-state index contributed by atoms with van der Waals surface area (Å²) >= 11 is 0. The monoisotopic (exact) mass is 239 g/mol. The molecule has 0 aromatic carbocycles. The molecule has 0 amide bonds. The molecular weight excluding hydrogens is 210 g/mol. The first-order valence-electron chi connectivity index (χ1n) is 7.57. The molecule has 1 N–H and O–H groups in total. The van der Waals surface area contributed by atoms with Gasteiger partial charge in [0.1, 0.15) is 0 Å². The second-order valence-corrected chi connectivity index (χ2v) is 6.47. The zero-order valence-corrected chi connectivity index (χ0v) is 11.6. The topological polar surface area (TPSA) is 23.5 Å². The van der Waals surface area contributed by atoms with Crippen molar-refractivity contribution in [3.63, 3.8) is 0 Å². The molecule has 2 aliphatic carbocycles. The Morgan fingerprint density at radius 3 is 2.06 bits per heavy atom. The van der Waals surface area contributed by atoms with Crippen molar-refractivity contribution in [1.29, 1.82) is 0 Å². The van der Waals surface area contributed by atoms with Crippen molar-refractivity contribution in [3.05, 3.63) is 0 Å². The van der Waals surface area contributed by atoms with Gasteiger partial charge in [-0.25, -0.2) is 0 Å². The van der Waals surface area contributed by atoms with Crippen LogP contribution in [0.25, 0.3) is 0 Å². The van der Waals surface area contributed by atoms with Crippen LogP contribution in [0.15, 0.2) is 0 Å². The maximum absolute atomic E-state index is 9.32. The van der Waals surface area contributed by atoms with Crippen LogP contribution in [0.4, 0.5) is 0 Å². The van der Waals surface area contributed by atoms with Gasteiger partial charge in [0, 0.05) is 18.6 Å². The van der Waals surface area contributed by atoms with E-state index in [-0.39, 0.29) is 0 Å². The van der Waals surface area contributed by atoms with Crippen LogP contribution < -0.4 is 0 Å². The van der Waals surface area contributed by atoms with Gasteiger partial charge in [-0.2, -0.15) is 0 Å². The number of hydrogen-bond acceptors (Lipinski definition) is 2. The molecule has 0 saturated heterocycles. The highest BCUT2D eigenvalue weighted by Crippen LogP contribution is 2.35. The van der Waals surface area contributed by atoms with Crippen LogP contribution in [-0.4, -0.2) is 35.2 Å². The van der Waals surface area contributed by atoms with Gasteiger partial charge in [0.2, 0.25) is 0 Å². The van der Waals surface area contributed by atoms with Gasteiger partial charge in [-0.05, 0) is 43.9 Å². The van der Waals surface area contributed by atoms with E-state index in [9.17, 15) is 5.11 Å². The van der Waals surface area contributed by atoms with Gasteiger partial charge in [-0.15, -0.1) is 0 Å². The molecule has 0 aromatic heterocycles. The molecule has 0 bridgehead atoms. The fourth-order valence-corrected chi connectivity index (χ4v) is 4.19. The van der Waals surface area contributed by atoms with Crippen LogP contribution in [0.3, 0.4) is 0 Å². The van der Waals surface area contributed by atoms with Gasteiger partial charge in [0.05, 0.1) is 6.61 Å². The second kappa shape index (κ2) is 6.19. The second-order valence-electron chi connectivity index (χ2n) is 6.47. The summed E-state index contributed by atoms with van der Waals surface area (Å²) in [5.74, 6) is 1.73. The Hall–Kier alpha value is -0.0800. The largest absolute Gasteiger partial charge is 0.395 e. The third-order valence-electron chi connectivity index (χ3n) is 4.77.